The maximum Gasteiger partial charge on any atom is 0.439 e. The molecule has 0 bridgehead atoms. The normalized spacial score (nSPS) is 23.6. The van der Waals surface area contributed by atoms with Gasteiger partial charge >= 0.3 is 11.8 Å². The van der Waals surface area contributed by atoms with Crippen molar-refractivity contribution in [1.29, 1.82) is 0 Å². The fourth-order valence-electron chi connectivity index (χ4n) is 4.18. The SMILES string of the molecule is CCC1CCC2(CC1)NC(=O)N(CC(=O)Nc1cccc(-c3noc(=O)[nH]3)c1)C2=O. The van der Waals surface area contributed by atoms with Gasteiger partial charge in [0.2, 0.25) is 5.91 Å². The van der Waals surface area contributed by atoms with Crippen LogP contribution in [-0.2, 0) is 9.59 Å². The third-order valence-corrected chi connectivity index (χ3v) is 5.94. The van der Waals surface area contributed by atoms with Crippen LogP contribution in [0.3, 0.4) is 0 Å². The standard InChI is InChI=1S/C20H23N5O5/c1-2-12-6-8-20(9-7-12)17(27)25(18(28)23-20)11-15(26)21-14-5-3-4-13(10-14)16-22-19(29)30-24-16/h3-5,10,12H,2,6-9,11H2,1H3,(H,21,26)(H,23,28)(H,22,24,29). The van der Waals surface area contributed by atoms with E-state index >= 15 is 0 Å². The van der Waals surface area contributed by atoms with E-state index in [-0.39, 0.29) is 18.3 Å². The van der Waals surface area contributed by atoms with Crippen LogP contribution in [0.15, 0.2) is 33.6 Å². The first-order valence-corrected chi connectivity index (χ1v) is 10.0. The van der Waals surface area contributed by atoms with Gasteiger partial charge in [0.15, 0.2) is 5.82 Å². The van der Waals surface area contributed by atoms with Crippen LogP contribution in [-0.4, -0.2) is 45.0 Å². The molecule has 1 aliphatic carbocycles. The van der Waals surface area contributed by atoms with Crippen LogP contribution in [0.25, 0.3) is 11.4 Å². The van der Waals surface area contributed by atoms with E-state index in [2.05, 4.69) is 32.2 Å². The Kier molecular flexibility index (Phi) is 5.15. The molecule has 30 heavy (non-hydrogen) atoms. The third-order valence-electron chi connectivity index (χ3n) is 5.94. The number of aromatic amines is 1. The number of benzene rings is 1. The van der Waals surface area contributed by atoms with Gasteiger partial charge in [-0.3, -0.25) is 24.0 Å². The summed E-state index contributed by atoms with van der Waals surface area (Å²) in [5.41, 5.74) is 0.105. The summed E-state index contributed by atoms with van der Waals surface area (Å²) >= 11 is 0. The number of imide groups is 1. The zero-order chi connectivity index (χ0) is 21.3. The number of hydrogen-bond donors (Lipinski definition) is 3. The van der Waals surface area contributed by atoms with Crippen molar-refractivity contribution in [2.24, 2.45) is 5.92 Å². The Morgan fingerprint density at radius 1 is 1.30 bits per heavy atom. The van der Waals surface area contributed by atoms with Crippen molar-refractivity contribution in [2.75, 3.05) is 11.9 Å². The summed E-state index contributed by atoms with van der Waals surface area (Å²) in [5, 5.41) is 9.10. The second-order valence-corrected chi connectivity index (χ2v) is 7.83. The fourth-order valence-corrected chi connectivity index (χ4v) is 4.18. The molecule has 4 amide bonds. The summed E-state index contributed by atoms with van der Waals surface area (Å²) in [5.74, 6) is -0.700. The molecule has 2 aliphatic rings. The Bertz CT molecular complexity index is 1030. The smallest absolute Gasteiger partial charge is 0.325 e. The van der Waals surface area contributed by atoms with Crippen LogP contribution in [0.5, 0.6) is 0 Å². The first-order valence-electron chi connectivity index (χ1n) is 10.0. The van der Waals surface area contributed by atoms with Gasteiger partial charge < -0.3 is 10.6 Å². The van der Waals surface area contributed by atoms with Crippen molar-refractivity contribution in [3.05, 3.63) is 34.8 Å². The number of rotatable bonds is 5. The van der Waals surface area contributed by atoms with Gasteiger partial charge in [0.05, 0.1) is 0 Å². The number of nitrogens with one attached hydrogen (secondary N) is 3. The lowest BCUT2D eigenvalue weighted by molar-refractivity contribution is -0.135. The molecule has 2 heterocycles. The minimum Gasteiger partial charge on any atom is -0.325 e. The van der Waals surface area contributed by atoms with E-state index in [0.717, 1.165) is 24.2 Å². The molecule has 3 N–H and O–H groups in total. The molecule has 0 radical (unpaired) electrons. The largest absolute Gasteiger partial charge is 0.439 e. The topological polar surface area (TPSA) is 137 Å². The van der Waals surface area contributed by atoms with Crippen LogP contribution in [0.2, 0.25) is 0 Å². The second kappa shape index (κ2) is 7.77. The maximum atomic E-state index is 12.9. The Hall–Kier alpha value is -3.43. The van der Waals surface area contributed by atoms with Gasteiger partial charge in [0.1, 0.15) is 12.1 Å². The molecule has 1 spiro atoms. The van der Waals surface area contributed by atoms with Crippen molar-refractivity contribution < 1.29 is 18.9 Å². The number of carbonyl (C=O) groups excluding carboxylic acids is 3. The number of amides is 4. The lowest BCUT2D eigenvalue weighted by Gasteiger charge is -2.34. The first-order chi connectivity index (χ1) is 14.4. The zero-order valence-corrected chi connectivity index (χ0v) is 16.6. The quantitative estimate of drug-likeness (QED) is 0.640. The summed E-state index contributed by atoms with van der Waals surface area (Å²) in [7, 11) is 0. The predicted octanol–water partition coefficient (Wildman–Crippen LogP) is 1.86. The molecular weight excluding hydrogens is 390 g/mol. The molecule has 0 unspecified atom stereocenters. The minimum atomic E-state index is -0.873. The summed E-state index contributed by atoms with van der Waals surface area (Å²) < 4.78 is 4.48. The summed E-state index contributed by atoms with van der Waals surface area (Å²) in [6.45, 7) is 1.76. The number of hydrogen-bond acceptors (Lipinski definition) is 6. The van der Waals surface area contributed by atoms with Gasteiger partial charge in [-0.25, -0.2) is 9.59 Å². The average molecular weight is 413 g/mol. The number of H-pyrrole nitrogens is 1. The molecule has 1 saturated heterocycles. The Balaban J connectivity index is 1.41. The highest BCUT2D eigenvalue weighted by molar-refractivity contribution is 6.10. The van der Waals surface area contributed by atoms with E-state index in [4.69, 9.17) is 0 Å². The van der Waals surface area contributed by atoms with Gasteiger partial charge in [0.25, 0.3) is 5.91 Å². The molecule has 158 valence electrons. The summed E-state index contributed by atoms with van der Waals surface area (Å²) in [4.78, 5) is 52.4. The van der Waals surface area contributed by atoms with Gasteiger partial charge in [-0.2, -0.15) is 0 Å². The van der Waals surface area contributed by atoms with E-state index < -0.39 is 23.2 Å². The number of carbonyl (C=O) groups is 3. The van der Waals surface area contributed by atoms with Gasteiger partial charge in [-0.1, -0.05) is 30.6 Å². The van der Waals surface area contributed by atoms with E-state index in [0.29, 0.717) is 30.0 Å². The van der Waals surface area contributed by atoms with Crippen molar-refractivity contribution in [1.82, 2.24) is 20.4 Å². The summed E-state index contributed by atoms with van der Waals surface area (Å²) in [6.07, 6.45) is 4.04. The third kappa shape index (κ3) is 3.72. The van der Waals surface area contributed by atoms with E-state index in [1.54, 1.807) is 24.3 Å². The van der Waals surface area contributed by atoms with Crippen molar-refractivity contribution in [3.63, 3.8) is 0 Å². The van der Waals surface area contributed by atoms with Crippen molar-refractivity contribution in [2.45, 2.75) is 44.6 Å². The molecule has 1 saturated carbocycles. The molecule has 10 nitrogen and oxygen atoms in total. The minimum absolute atomic E-state index is 0.231. The van der Waals surface area contributed by atoms with Gasteiger partial charge in [0, 0.05) is 11.3 Å². The molecule has 1 aromatic heterocycles. The van der Waals surface area contributed by atoms with Crippen molar-refractivity contribution in [3.8, 4) is 11.4 Å². The Morgan fingerprint density at radius 2 is 2.07 bits per heavy atom. The average Bonchev–Trinajstić information content (AvgIpc) is 3.26. The first kappa shape index (κ1) is 19.9. The highest BCUT2D eigenvalue weighted by Gasteiger charge is 2.52. The van der Waals surface area contributed by atoms with Crippen LogP contribution in [0.4, 0.5) is 10.5 Å². The molecule has 0 atom stereocenters. The van der Waals surface area contributed by atoms with E-state index in [9.17, 15) is 19.2 Å². The van der Waals surface area contributed by atoms with Crippen LogP contribution >= 0.6 is 0 Å². The number of aromatic nitrogens is 2. The number of nitrogens with zero attached hydrogens (tertiary/aromatic N) is 2. The lowest BCUT2D eigenvalue weighted by Crippen LogP contribution is -2.49. The fraction of sp³-hybridized carbons (Fsp3) is 0.450. The van der Waals surface area contributed by atoms with Crippen LogP contribution in [0, 0.1) is 5.92 Å². The number of anilines is 1. The molecule has 10 heteroatoms. The Morgan fingerprint density at radius 3 is 2.73 bits per heavy atom. The Labute approximate surface area is 172 Å². The van der Waals surface area contributed by atoms with E-state index in [1.807, 2.05) is 0 Å². The van der Waals surface area contributed by atoms with Crippen molar-refractivity contribution >= 4 is 23.5 Å². The molecular formula is C20H23N5O5. The van der Waals surface area contributed by atoms with Gasteiger partial charge in [-0.15, -0.1) is 0 Å². The highest BCUT2D eigenvalue weighted by atomic mass is 16.5. The number of urea groups is 1. The van der Waals surface area contributed by atoms with Gasteiger partial charge in [-0.05, 0) is 43.7 Å². The predicted molar refractivity (Wildman–Crippen MR) is 106 cm³/mol. The lowest BCUT2D eigenvalue weighted by atomic mass is 9.75. The molecule has 2 aromatic rings. The zero-order valence-electron chi connectivity index (χ0n) is 16.6. The molecule has 1 aromatic carbocycles. The highest BCUT2D eigenvalue weighted by Crippen LogP contribution is 2.37. The maximum absolute atomic E-state index is 12.9. The molecule has 1 aliphatic heterocycles. The van der Waals surface area contributed by atoms with E-state index in [1.165, 1.54) is 0 Å². The van der Waals surface area contributed by atoms with Crippen LogP contribution < -0.4 is 16.4 Å². The second-order valence-electron chi connectivity index (χ2n) is 7.83. The molecule has 4 rings (SSSR count). The molecule has 2 fully saturated rings. The summed E-state index contributed by atoms with van der Waals surface area (Å²) in [6, 6.07) is 6.09. The monoisotopic (exact) mass is 413 g/mol. The van der Waals surface area contributed by atoms with Crippen LogP contribution in [0.1, 0.15) is 39.0 Å².